The van der Waals surface area contributed by atoms with E-state index in [1.807, 2.05) is 0 Å². The Morgan fingerprint density at radius 3 is 3.23 bits per heavy atom. The zero-order valence-corrected chi connectivity index (χ0v) is 8.11. The number of nitrogens with one attached hydrogen (secondary N) is 1. The lowest BCUT2D eigenvalue weighted by molar-refractivity contribution is 0.108. The molecule has 0 fully saturated rings. The SMILES string of the molecule is O=C(SCCl)c1cc2occc2[nH]1. The lowest BCUT2D eigenvalue weighted by Gasteiger charge is -1.90. The first kappa shape index (κ1) is 8.72. The Morgan fingerprint density at radius 1 is 1.69 bits per heavy atom. The molecule has 2 aromatic rings. The number of furan rings is 1. The summed E-state index contributed by atoms with van der Waals surface area (Å²) in [6.45, 7) is 0. The number of H-pyrrole nitrogens is 1. The lowest BCUT2D eigenvalue weighted by Crippen LogP contribution is -1.92. The third-order valence-electron chi connectivity index (χ3n) is 1.65. The van der Waals surface area contributed by atoms with E-state index < -0.39 is 0 Å². The summed E-state index contributed by atoms with van der Waals surface area (Å²) >= 11 is 6.48. The van der Waals surface area contributed by atoms with Gasteiger partial charge in [0.2, 0.25) is 5.12 Å². The van der Waals surface area contributed by atoms with Crippen molar-refractivity contribution in [1.82, 2.24) is 4.98 Å². The molecule has 0 aliphatic carbocycles. The van der Waals surface area contributed by atoms with Crippen molar-refractivity contribution < 1.29 is 9.21 Å². The van der Waals surface area contributed by atoms with Gasteiger partial charge in [0.15, 0.2) is 5.58 Å². The first-order chi connectivity index (χ1) is 6.31. The highest BCUT2D eigenvalue weighted by atomic mass is 35.5. The van der Waals surface area contributed by atoms with Crippen LogP contribution >= 0.6 is 23.4 Å². The maximum atomic E-state index is 11.3. The van der Waals surface area contributed by atoms with Crippen LogP contribution in [0.25, 0.3) is 11.1 Å². The second-order valence-electron chi connectivity index (χ2n) is 2.42. The van der Waals surface area contributed by atoms with Crippen LogP contribution in [-0.2, 0) is 0 Å². The van der Waals surface area contributed by atoms with Crippen LogP contribution in [0.3, 0.4) is 0 Å². The summed E-state index contributed by atoms with van der Waals surface area (Å²) in [5.41, 5.74) is 2.05. The molecule has 0 atom stereocenters. The predicted octanol–water partition coefficient (Wildman–Crippen LogP) is 2.83. The number of rotatable bonds is 2. The summed E-state index contributed by atoms with van der Waals surface area (Å²) in [5.74, 6) is 0. The van der Waals surface area contributed by atoms with E-state index >= 15 is 0 Å². The highest BCUT2D eigenvalue weighted by Gasteiger charge is 2.10. The van der Waals surface area contributed by atoms with Crippen molar-refractivity contribution in [2.75, 3.05) is 5.21 Å². The van der Waals surface area contributed by atoms with Gasteiger partial charge in [-0.15, -0.1) is 11.6 Å². The number of aromatic nitrogens is 1. The lowest BCUT2D eigenvalue weighted by atomic mass is 10.4. The van der Waals surface area contributed by atoms with E-state index in [0.29, 0.717) is 11.3 Å². The average molecular weight is 216 g/mol. The third-order valence-corrected chi connectivity index (χ3v) is 2.56. The zero-order chi connectivity index (χ0) is 9.26. The molecule has 13 heavy (non-hydrogen) atoms. The molecule has 3 nitrogen and oxygen atoms in total. The Balaban J connectivity index is 2.34. The molecule has 2 rings (SSSR count). The van der Waals surface area contributed by atoms with Crippen LogP contribution < -0.4 is 0 Å². The molecule has 0 amide bonds. The monoisotopic (exact) mass is 215 g/mol. The Morgan fingerprint density at radius 2 is 2.54 bits per heavy atom. The minimum Gasteiger partial charge on any atom is -0.463 e. The molecule has 0 radical (unpaired) electrons. The topological polar surface area (TPSA) is 46.0 Å². The standard InChI is InChI=1S/C8H6ClNO2S/c9-4-13-8(11)6-3-7-5(10-6)1-2-12-7/h1-3,10H,4H2. The molecular formula is C8H6ClNO2S. The van der Waals surface area contributed by atoms with Crippen LogP contribution in [0, 0.1) is 0 Å². The molecular weight excluding hydrogens is 210 g/mol. The Bertz CT molecular complexity index is 405. The predicted molar refractivity (Wildman–Crippen MR) is 53.2 cm³/mol. The fourth-order valence-electron chi connectivity index (χ4n) is 1.09. The quantitative estimate of drug-likeness (QED) is 0.784. The average Bonchev–Trinajstić information content (AvgIpc) is 2.61. The van der Waals surface area contributed by atoms with Crippen LogP contribution in [-0.4, -0.2) is 15.3 Å². The number of carbonyl (C=O) groups excluding carboxylic acids is 1. The van der Waals surface area contributed by atoms with E-state index in [2.05, 4.69) is 4.98 Å². The minimum atomic E-state index is -0.0681. The van der Waals surface area contributed by atoms with Crippen molar-refractivity contribution in [3.05, 3.63) is 24.1 Å². The molecule has 0 aliphatic heterocycles. The molecule has 0 unspecified atom stereocenters. The van der Waals surface area contributed by atoms with Crippen molar-refractivity contribution in [2.45, 2.75) is 0 Å². The molecule has 1 N–H and O–H groups in total. The summed E-state index contributed by atoms with van der Waals surface area (Å²) < 4.78 is 5.10. The van der Waals surface area contributed by atoms with Crippen molar-refractivity contribution in [3.8, 4) is 0 Å². The van der Waals surface area contributed by atoms with Crippen molar-refractivity contribution in [3.63, 3.8) is 0 Å². The van der Waals surface area contributed by atoms with E-state index in [9.17, 15) is 4.79 Å². The number of hydrogen-bond acceptors (Lipinski definition) is 3. The van der Waals surface area contributed by atoms with Crippen LogP contribution in [0.5, 0.6) is 0 Å². The molecule has 0 bridgehead atoms. The Hall–Kier alpha value is -0.870. The first-order valence-corrected chi connectivity index (χ1v) is 5.12. The van der Waals surface area contributed by atoms with Crippen LogP contribution in [0.2, 0.25) is 0 Å². The first-order valence-electron chi connectivity index (χ1n) is 3.60. The van der Waals surface area contributed by atoms with Gasteiger partial charge in [-0.25, -0.2) is 0 Å². The maximum absolute atomic E-state index is 11.3. The molecule has 2 heterocycles. The van der Waals surface area contributed by atoms with Crippen LogP contribution in [0.1, 0.15) is 10.5 Å². The maximum Gasteiger partial charge on any atom is 0.236 e. The minimum absolute atomic E-state index is 0.0681. The van der Waals surface area contributed by atoms with E-state index in [1.54, 1.807) is 18.4 Å². The molecule has 5 heteroatoms. The summed E-state index contributed by atoms with van der Waals surface area (Å²) in [7, 11) is 0. The molecule has 0 saturated heterocycles. The van der Waals surface area contributed by atoms with Gasteiger partial charge in [0.05, 0.1) is 22.7 Å². The molecule has 0 aromatic carbocycles. The van der Waals surface area contributed by atoms with E-state index in [-0.39, 0.29) is 10.3 Å². The van der Waals surface area contributed by atoms with E-state index in [0.717, 1.165) is 17.3 Å². The van der Waals surface area contributed by atoms with Gasteiger partial charge >= 0.3 is 0 Å². The fourth-order valence-corrected chi connectivity index (χ4v) is 1.75. The van der Waals surface area contributed by atoms with E-state index in [1.165, 1.54) is 0 Å². The Labute approximate surface area is 83.4 Å². The highest BCUT2D eigenvalue weighted by molar-refractivity contribution is 8.14. The number of halogens is 1. The van der Waals surface area contributed by atoms with Crippen molar-refractivity contribution >= 4 is 39.6 Å². The summed E-state index contributed by atoms with van der Waals surface area (Å²) in [4.78, 5) is 14.3. The van der Waals surface area contributed by atoms with Gasteiger partial charge < -0.3 is 9.40 Å². The Kier molecular flexibility index (Phi) is 2.33. The van der Waals surface area contributed by atoms with Crippen molar-refractivity contribution in [1.29, 1.82) is 0 Å². The largest absolute Gasteiger partial charge is 0.463 e. The zero-order valence-electron chi connectivity index (χ0n) is 6.54. The van der Waals surface area contributed by atoms with Gasteiger partial charge in [-0.1, -0.05) is 11.8 Å². The highest BCUT2D eigenvalue weighted by Crippen LogP contribution is 2.19. The van der Waals surface area contributed by atoms with Gasteiger partial charge in [-0.2, -0.15) is 0 Å². The second kappa shape index (κ2) is 3.47. The van der Waals surface area contributed by atoms with E-state index in [4.69, 9.17) is 16.0 Å². The molecule has 2 aromatic heterocycles. The molecule has 0 aliphatic rings. The van der Waals surface area contributed by atoms with Crippen LogP contribution in [0.4, 0.5) is 0 Å². The number of carbonyl (C=O) groups is 1. The summed E-state index contributed by atoms with van der Waals surface area (Å²) in [6.07, 6.45) is 1.57. The molecule has 68 valence electrons. The van der Waals surface area contributed by atoms with Gasteiger partial charge in [-0.05, 0) is 0 Å². The van der Waals surface area contributed by atoms with Gasteiger partial charge in [-0.3, -0.25) is 4.79 Å². The van der Waals surface area contributed by atoms with Gasteiger partial charge in [0.25, 0.3) is 0 Å². The normalized spacial score (nSPS) is 10.8. The second-order valence-corrected chi connectivity index (χ2v) is 3.95. The third kappa shape index (κ3) is 1.59. The fraction of sp³-hybridized carbons (Fsp3) is 0.125. The smallest absolute Gasteiger partial charge is 0.236 e. The number of thioether (sulfide) groups is 1. The number of hydrogen-bond donors (Lipinski definition) is 1. The summed E-state index contributed by atoms with van der Waals surface area (Å²) in [5, 5.41) is 0.195. The van der Waals surface area contributed by atoms with Gasteiger partial charge in [0.1, 0.15) is 0 Å². The number of alkyl halides is 1. The van der Waals surface area contributed by atoms with Crippen molar-refractivity contribution in [2.24, 2.45) is 0 Å². The summed E-state index contributed by atoms with van der Waals surface area (Å²) in [6, 6.07) is 3.45. The number of fused-ring (bicyclic) bond motifs is 1. The number of aromatic amines is 1. The molecule has 0 spiro atoms. The van der Waals surface area contributed by atoms with Gasteiger partial charge in [0, 0.05) is 12.1 Å². The van der Waals surface area contributed by atoms with Crippen LogP contribution in [0.15, 0.2) is 22.8 Å². The molecule has 0 saturated carbocycles.